The first kappa shape index (κ1) is 19.7. The van der Waals surface area contributed by atoms with E-state index >= 15 is 0 Å². The van der Waals surface area contributed by atoms with Gasteiger partial charge in [-0.25, -0.2) is 4.98 Å². The van der Waals surface area contributed by atoms with E-state index in [1.165, 1.54) is 32.2 Å². The summed E-state index contributed by atoms with van der Waals surface area (Å²) in [5.41, 5.74) is 1.07. The van der Waals surface area contributed by atoms with Gasteiger partial charge in [0.15, 0.2) is 6.10 Å². The lowest BCUT2D eigenvalue weighted by Gasteiger charge is -2.46. The number of carbonyl (C=O) groups excluding carboxylic acids is 1. The number of ether oxygens (including phenoxy) is 1. The second-order valence-corrected chi connectivity index (χ2v) is 9.08. The number of hydrogen-bond donors (Lipinski definition) is 1. The van der Waals surface area contributed by atoms with Gasteiger partial charge in [0, 0.05) is 38.2 Å². The van der Waals surface area contributed by atoms with Gasteiger partial charge in [0.05, 0.1) is 17.9 Å². The molecule has 2 fully saturated rings. The van der Waals surface area contributed by atoms with Gasteiger partial charge in [-0.3, -0.25) is 9.78 Å². The van der Waals surface area contributed by atoms with Gasteiger partial charge in [0.1, 0.15) is 11.4 Å². The summed E-state index contributed by atoms with van der Waals surface area (Å²) >= 11 is 0. The highest BCUT2D eigenvalue weighted by Crippen LogP contribution is 2.41. The number of nitrogens with one attached hydrogen (secondary N) is 1. The summed E-state index contributed by atoms with van der Waals surface area (Å²) in [6.45, 7) is 5.59. The first-order valence-corrected chi connectivity index (χ1v) is 11.3. The number of likely N-dealkylation sites (tertiary alicyclic amines) is 1. The van der Waals surface area contributed by atoms with Gasteiger partial charge in [0.2, 0.25) is 0 Å². The van der Waals surface area contributed by atoms with Crippen LogP contribution in [-0.4, -0.2) is 51.1 Å². The number of pyridine rings is 1. The van der Waals surface area contributed by atoms with Crippen LogP contribution in [0.15, 0.2) is 30.7 Å². The molecule has 2 aromatic heterocycles. The minimum Gasteiger partial charge on any atom is -0.352 e. The molecule has 1 saturated heterocycles. The van der Waals surface area contributed by atoms with Gasteiger partial charge in [-0.05, 0) is 50.7 Å². The van der Waals surface area contributed by atoms with Crippen molar-refractivity contribution in [3.8, 4) is 0 Å². The van der Waals surface area contributed by atoms with Crippen molar-refractivity contribution < 1.29 is 9.53 Å². The van der Waals surface area contributed by atoms with E-state index in [0.717, 1.165) is 49.1 Å². The lowest BCUT2D eigenvalue weighted by Crippen LogP contribution is -2.53. The lowest BCUT2D eigenvalue weighted by molar-refractivity contribution is -0.170. The third-order valence-electron chi connectivity index (χ3n) is 7.07. The molecular weight excluding hydrogens is 378 g/mol. The van der Waals surface area contributed by atoms with Crippen LogP contribution in [0.1, 0.15) is 50.0 Å². The van der Waals surface area contributed by atoms with Crippen molar-refractivity contribution in [1.82, 2.24) is 19.4 Å². The van der Waals surface area contributed by atoms with Crippen LogP contribution >= 0.6 is 0 Å². The first-order valence-electron chi connectivity index (χ1n) is 11.3. The highest BCUT2D eigenvalue weighted by molar-refractivity contribution is 5.94. The largest absolute Gasteiger partial charge is 0.352 e. The Morgan fingerprint density at radius 3 is 2.80 bits per heavy atom. The Balaban J connectivity index is 1.29. The molecule has 2 aromatic rings. The van der Waals surface area contributed by atoms with Crippen LogP contribution in [0.4, 0.5) is 5.69 Å². The van der Waals surface area contributed by atoms with Gasteiger partial charge in [-0.1, -0.05) is 12.8 Å². The molecule has 160 valence electrons. The van der Waals surface area contributed by atoms with Gasteiger partial charge in [0.25, 0.3) is 5.91 Å². The quantitative estimate of drug-likeness (QED) is 0.840. The Morgan fingerprint density at radius 2 is 2.03 bits per heavy atom. The zero-order chi connectivity index (χ0) is 20.6. The molecule has 0 aromatic carbocycles. The third kappa shape index (κ3) is 3.76. The van der Waals surface area contributed by atoms with Crippen LogP contribution in [0.2, 0.25) is 0 Å². The molecule has 3 aliphatic rings. The number of fused-ring (bicyclic) bond motifs is 2. The fourth-order valence-corrected chi connectivity index (χ4v) is 5.36. The number of nitrogens with zero attached hydrogens (tertiary/aromatic N) is 4. The number of imidazole rings is 1. The molecule has 0 unspecified atom stereocenters. The summed E-state index contributed by atoms with van der Waals surface area (Å²) in [5, 5.41) is 3.01. The summed E-state index contributed by atoms with van der Waals surface area (Å²) in [6.07, 6.45) is 12.3. The van der Waals surface area contributed by atoms with Crippen LogP contribution in [-0.2, 0) is 21.7 Å². The standard InChI is InChI=1S/C23H31N5O2/c1-17-19(7-4-10-24-17)26-21(29)20-16-28-14-11-25-22(28)23(30-20)8-12-27(13-9-23)15-18-5-2-3-6-18/h4,7,10-11,14,18,20H,2-3,5-6,8-9,12-13,15-16H2,1H3,(H,26,29)/t20-/m1/s1. The number of carbonyl (C=O) groups is 1. The molecule has 7 heteroatoms. The molecule has 1 atom stereocenters. The van der Waals surface area contributed by atoms with E-state index in [1.54, 1.807) is 6.20 Å². The van der Waals surface area contributed by atoms with E-state index in [-0.39, 0.29) is 5.91 Å². The summed E-state index contributed by atoms with van der Waals surface area (Å²) < 4.78 is 8.66. The summed E-state index contributed by atoms with van der Waals surface area (Å²) in [7, 11) is 0. The van der Waals surface area contributed by atoms with Crippen LogP contribution in [0.5, 0.6) is 0 Å². The molecule has 2 aliphatic heterocycles. The number of aryl methyl sites for hydroxylation is 1. The van der Waals surface area contributed by atoms with Crippen molar-refractivity contribution in [1.29, 1.82) is 0 Å². The van der Waals surface area contributed by atoms with Crippen molar-refractivity contribution in [3.05, 3.63) is 42.2 Å². The second-order valence-electron chi connectivity index (χ2n) is 9.08. The molecule has 5 rings (SSSR count). The van der Waals surface area contributed by atoms with Crippen LogP contribution < -0.4 is 5.32 Å². The van der Waals surface area contributed by atoms with E-state index in [0.29, 0.717) is 6.54 Å². The Hall–Kier alpha value is -2.25. The first-order chi connectivity index (χ1) is 14.6. The fraction of sp³-hybridized carbons (Fsp3) is 0.609. The van der Waals surface area contributed by atoms with Gasteiger partial charge in [-0.2, -0.15) is 0 Å². The predicted molar refractivity (Wildman–Crippen MR) is 114 cm³/mol. The maximum Gasteiger partial charge on any atom is 0.255 e. The highest BCUT2D eigenvalue weighted by atomic mass is 16.5. The Kier molecular flexibility index (Phi) is 5.33. The number of anilines is 1. The minimum absolute atomic E-state index is 0.113. The van der Waals surface area contributed by atoms with Gasteiger partial charge >= 0.3 is 0 Å². The second kappa shape index (κ2) is 8.12. The highest BCUT2D eigenvalue weighted by Gasteiger charge is 2.47. The summed E-state index contributed by atoms with van der Waals surface area (Å²) in [4.78, 5) is 24.5. The van der Waals surface area contributed by atoms with Crippen LogP contribution in [0.3, 0.4) is 0 Å². The van der Waals surface area contributed by atoms with E-state index < -0.39 is 11.7 Å². The van der Waals surface area contributed by atoms with Crippen molar-refractivity contribution in [2.45, 2.75) is 63.7 Å². The Bertz CT molecular complexity index is 897. The lowest BCUT2D eigenvalue weighted by atomic mass is 9.88. The number of amides is 1. The van der Waals surface area contributed by atoms with Crippen LogP contribution in [0, 0.1) is 12.8 Å². The smallest absolute Gasteiger partial charge is 0.255 e. The Morgan fingerprint density at radius 1 is 1.23 bits per heavy atom. The summed E-state index contributed by atoms with van der Waals surface area (Å²) in [5.74, 6) is 1.72. The third-order valence-corrected chi connectivity index (χ3v) is 7.07. The normalized spacial score (nSPS) is 24.1. The summed E-state index contributed by atoms with van der Waals surface area (Å²) in [6, 6.07) is 3.71. The number of hydrogen-bond acceptors (Lipinski definition) is 5. The number of piperidine rings is 1. The molecule has 7 nitrogen and oxygen atoms in total. The van der Waals surface area contributed by atoms with E-state index in [1.807, 2.05) is 31.5 Å². The average molecular weight is 410 g/mol. The van der Waals surface area contributed by atoms with Crippen molar-refractivity contribution >= 4 is 11.6 Å². The van der Waals surface area contributed by atoms with Crippen molar-refractivity contribution in [2.24, 2.45) is 5.92 Å². The zero-order valence-corrected chi connectivity index (χ0v) is 17.7. The Labute approximate surface area is 177 Å². The molecule has 1 saturated carbocycles. The molecule has 0 bridgehead atoms. The molecule has 0 radical (unpaired) electrons. The van der Waals surface area contributed by atoms with Crippen molar-refractivity contribution in [3.63, 3.8) is 0 Å². The average Bonchev–Trinajstić information content (AvgIpc) is 3.44. The molecule has 1 aliphatic carbocycles. The maximum absolute atomic E-state index is 13.1. The monoisotopic (exact) mass is 409 g/mol. The zero-order valence-electron chi connectivity index (χ0n) is 17.7. The maximum atomic E-state index is 13.1. The molecular formula is C23H31N5O2. The van der Waals surface area contributed by atoms with Gasteiger partial charge < -0.3 is 19.5 Å². The van der Waals surface area contributed by atoms with Crippen molar-refractivity contribution in [2.75, 3.05) is 25.0 Å². The predicted octanol–water partition coefficient (Wildman–Crippen LogP) is 3.11. The molecule has 1 spiro atoms. The van der Waals surface area contributed by atoms with E-state index in [9.17, 15) is 4.79 Å². The fourth-order valence-electron chi connectivity index (χ4n) is 5.36. The molecule has 4 heterocycles. The minimum atomic E-state index is -0.535. The number of rotatable bonds is 4. The van der Waals surface area contributed by atoms with E-state index in [4.69, 9.17) is 4.74 Å². The number of aromatic nitrogens is 3. The van der Waals surface area contributed by atoms with Gasteiger partial charge in [-0.15, -0.1) is 0 Å². The molecule has 1 N–H and O–H groups in total. The molecule has 30 heavy (non-hydrogen) atoms. The molecule has 1 amide bonds. The SMILES string of the molecule is Cc1ncccc1NC(=O)[C@H]1Cn2ccnc2C2(CCN(CC3CCCC3)CC2)O1. The van der Waals surface area contributed by atoms with Crippen LogP contribution in [0.25, 0.3) is 0 Å². The van der Waals surface area contributed by atoms with E-state index in [2.05, 4.69) is 24.8 Å². The topological polar surface area (TPSA) is 72.3 Å².